The lowest BCUT2D eigenvalue weighted by atomic mass is 9.98. The highest BCUT2D eigenvalue weighted by Gasteiger charge is 2.26. The zero-order chi connectivity index (χ0) is 35.3. The molecule has 1 aromatic carbocycles. The van der Waals surface area contributed by atoms with Crippen LogP contribution in [0.4, 0.5) is 23.1 Å². The van der Waals surface area contributed by atoms with E-state index in [1.165, 1.54) is 19.4 Å². The lowest BCUT2D eigenvalue weighted by Crippen LogP contribution is -2.46. The molecule has 51 heavy (non-hydrogen) atoms. The zero-order valence-electron chi connectivity index (χ0n) is 29.4. The molecule has 12 nitrogen and oxygen atoms in total. The van der Waals surface area contributed by atoms with E-state index < -0.39 is 0 Å². The normalized spacial score (nSPS) is 17.4. The van der Waals surface area contributed by atoms with Crippen molar-refractivity contribution in [1.82, 2.24) is 25.0 Å². The van der Waals surface area contributed by atoms with Crippen LogP contribution < -0.4 is 26.2 Å². The number of aromatic nitrogens is 4. The molecule has 0 bridgehead atoms. The number of aryl methyl sites for hydroxylation is 1. The van der Waals surface area contributed by atoms with Crippen LogP contribution in [0.25, 0.3) is 17.1 Å². The SMILES string of the molecule is CC(=O)c1c(C)c2cnc(Nc3ccc(N4CCN(c5ccc(/C=C/C(=O)NOC6CCCCC6)cc5)CC4)cn3)nc2n(C2CCCC2)c1=O. The van der Waals surface area contributed by atoms with Crippen LogP contribution in [0.2, 0.25) is 0 Å². The molecule has 2 aliphatic carbocycles. The van der Waals surface area contributed by atoms with Crippen molar-refractivity contribution in [3.63, 3.8) is 0 Å². The molecule has 0 radical (unpaired) electrons. The lowest BCUT2D eigenvalue weighted by Gasteiger charge is -2.37. The minimum atomic E-state index is -0.266. The molecule has 3 fully saturated rings. The van der Waals surface area contributed by atoms with E-state index >= 15 is 0 Å². The first kappa shape index (κ1) is 34.4. The van der Waals surface area contributed by atoms with Gasteiger partial charge in [-0.1, -0.05) is 44.2 Å². The molecule has 1 amide bonds. The Morgan fingerprint density at radius 3 is 2.18 bits per heavy atom. The number of carbonyl (C=O) groups excluding carboxylic acids is 2. The highest BCUT2D eigenvalue weighted by molar-refractivity contribution is 5.99. The van der Waals surface area contributed by atoms with Gasteiger partial charge in [0.25, 0.3) is 11.5 Å². The monoisotopic (exact) mass is 690 g/mol. The number of pyridine rings is 2. The minimum Gasteiger partial charge on any atom is -0.368 e. The summed E-state index contributed by atoms with van der Waals surface area (Å²) in [6.45, 7) is 6.68. The number of rotatable bonds is 10. The predicted molar refractivity (Wildman–Crippen MR) is 200 cm³/mol. The summed E-state index contributed by atoms with van der Waals surface area (Å²) in [6.07, 6.45) is 16.4. The lowest BCUT2D eigenvalue weighted by molar-refractivity contribution is -0.134. The van der Waals surface area contributed by atoms with Crippen LogP contribution in [0.1, 0.15) is 92.2 Å². The van der Waals surface area contributed by atoms with E-state index in [1.54, 1.807) is 23.8 Å². The quantitative estimate of drug-likeness (QED) is 0.111. The van der Waals surface area contributed by atoms with Crippen LogP contribution in [0.3, 0.4) is 0 Å². The van der Waals surface area contributed by atoms with E-state index in [1.807, 2.05) is 30.5 Å². The number of hydrogen-bond donors (Lipinski definition) is 2. The molecule has 12 heteroatoms. The fourth-order valence-corrected chi connectivity index (χ4v) is 7.62. The van der Waals surface area contributed by atoms with Gasteiger partial charge in [-0.3, -0.25) is 23.8 Å². The second kappa shape index (κ2) is 15.4. The van der Waals surface area contributed by atoms with Gasteiger partial charge in [-0.2, -0.15) is 4.98 Å². The summed E-state index contributed by atoms with van der Waals surface area (Å²) in [5, 5.41) is 3.93. The Labute approximate surface area is 297 Å². The fraction of sp³-hybridized carbons (Fsp3) is 0.436. The molecule has 266 valence electrons. The van der Waals surface area contributed by atoms with E-state index in [-0.39, 0.29) is 35.0 Å². The second-order valence-electron chi connectivity index (χ2n) is 13.9. The van der Waals surface area contributed by atoms with Gasteiger partial charge < -0.3 is 15.1 Å². The van der Waals surface area contributed by atoms with Crippen LogP contribution in [-0.4, -0.2) is 63.5 Å². The van der Waals surface area contributed by atoms with E-state index in [0.717, 1.165) is 94.5 Å². The Bertz CT molecular complexity index is 1950. The maximum atomic E-state index is 13.5. The van der Waals surface area contributed by atoms with Gasteiger partial charge in [0.15, 0.2) is 5.78 Å². The molecule has 2 N–H and O–H groups in total. The van der Waals surface area contributed by atoms with Crippen molar-refractivity contribution in [3.05, 3.63) is 81.9 Å². The number of piperazine rings is 1. The summed E-state index contributed by atoms with van der Waals surface area (Å²) >= 11 is 0. The summed E-state index contributed by atoms with van der Waals surface area (Å²) in [4.78, 5) is 62.4. The zero-order valence-corrected chi connectivity index (χ0v) is 29.4. The van der Waals surface area contributed by atoms with Gasteiger partial charge in [0.1, 0.15) is 11.5 Å². The number of fused-ring (bicyclic) bond motifs is 1. The summed E-state index contributed by atoms with van der Waals surface area (Å²) in [5.41, 5.74) is 6.84. The summed E-state index contributed by atoms with van der Waals surface area (Å²) in [6, 6.07) is 12.2. The Hall–Kier alpha value is -5.10. The van der Waals surface area contributed by atoms with Crippen LogP contribution >= 0.6 is 0 Å². The first-order valence-electron chi connectivity index (χ1n) is 18.2. The molecule has 7 rings (SSSR count). The second-order valence-corrected chi connectivity index (χ2v) is 13.9. The van der Waals surface area contributed by atoms with Crippen molar-refractivity contribution >= 4 is 51.9 Å². The van der Waals surface area contributed by atoms with Gasteiger partial charge in [-0.25, -0.2) is 15.4 Å². The van der Waals surface area contributed by atoms with Gasteiger partial charge >= 0.3 is 0 Å². The van der Waals surface area contributed by atoms with Crippen molar-refractivity contribution in [2.75, 3.05) is 41.3 Å². The smallest absolute Gasteiger partial charge is 0.267 e. The number of benzene rings is 1. The highest BCUT2D eigenvalue weighted by atomic mass is 16.7. The van der Waals surface area contributed by atoms with Crippen molar-refractivity contribution in [2.24, 2.45) is 0 Å². The Balaban J connectivity index is 0.946. The molecule has 2 saturated carbocycles. The molecule has 0 unspecified atom stereocenters. The third kappa shape index (κ3) is 7.80. The molecule has 1 saturated heterocycles. The third-order valence-corrected chi connectivity index (χ3v) is 10.4. The van der Waals surface area contributed by atoms with E-state index in [9.17, 15) is 14.4 Å². The fourth-order valence-electron chi connectivity index (χ4n) is 7.62. The van der Waals surface area contributed by atoms with Gasteiger partial charge in [0.2, 0.25) is 5.95 Å². The van der Waals surface area contributed by atoms with Crippen molar-refractivity contribution < 1.29 is 14.4 Å². The van der Waals surface area contributed by atoms with Crippen LogP contribution in [0.5, 0.6) is 0 Å². The molecule has 0 spiro atoms. The number of Topliss-reactive ketones (excluding diaryl/α,β-unsaturated/α-hetero) is 1. The van der Waals surface area contributed by atoms with Gasteiger partial charge in [0, 0.05) is 55.6 Å². The van der Waals surface area contributed by atoms with Crippen LogP contribution in [0.15, 0.2) is 59.7 Å². The third-order valence-electron chi connectivity index (χ3n) is 10.4. The summed E-state index contributed by atoms with van der Waals surface area (Å²) in [7, 11) is 0. The average Bonchev–Trinajstić information content (AvgIpc) is 3.69. The van der Waals surface area contributed by atoms with Crippen LogP contribution in [-0.2, 0) is 9.63 Å². The number of hydroxylamine groups is 1. The van der Waals surface area contributed by atoms with Crippen molar-refractivity contribution in [1.29, 1.82) is 0 Å². The maximum Gasteiger partial charge on any atom is 0.267 e. The maximum absolute atomic E-state index is 13.5. The molecule has 4 aromatic rings. The number of hydrogen-bond acceptors (Lipinski definition) is 10. The van der Waals surface area contributed by atoms with Gasteiger partial charge in [-0.05, 0) is 81.0 Å². The number of amides is 1. The summed E-state index contributed by atoms with van der Waals surface area (Å²) < 4.78 is 1.72. The number of anilines is 4. The first-order chi connectivity index (χ1) is 24.8. The van der Waals surface area contributed by atoms with Gasteiger partial charge in [0.05, 0.1) is 23.6 Å². The standard InChI is InChI=1S/C39H46N8O4/c1-26-33-25-41-39(43-37(33)47(30-8-6-7-9-30)38(50)36(26)27(2)48)42-34-18-17-31(24-40-34)46-22-20-45(21-23-46)29-15-12-28(13-16-29)14-19-35(49)44-51-32-10-4-3-5-11-32/h12-19,24-25,30,32H,3-11,20-23H2,1-2H3,(H,44,49)(H,40,41,42,43)/b19-14+. The van der Waals surface area contributed by atoms with Crippen LogP contribution in [0, 0.1) is 6.92 Å². The van der Waals surface area contributed by atoms with E-state index in [2.05, 4.69) is 42.7 Å². The molecule has 1 aliphatic heterocycles. The van der Waals surface area contributed by atoms with E-state index in [4.69, 9.17) is 9.82 Å². The average molecular weight is 691 g/mol. The predicted octanol–water partition coefficient (Wildman–Crippen LogP) is 6.28. The molecular formula is C39H46N8O4. The molecule has 4 heterocycles. The van der Waals surface area contributed by atoms with E-state index in [0.29, 0.717) is 28.4 Å². The Morgan fingerprint density at radius 1 is 0.843 bits per heavy atom. The topological polar surface area (TPSA) is 135 Å². The molecule has 0 atom stereocenters. The minimum absolute atomic E-state index is 0.0201. The number of nitrogens with one attached hydrogen (secondary N) is 2. The molecule has 3 aliphatic rings. The number of carbonyl (C=O) groups is 2. The van der Waals surface area contributed by atoms with Crippen molar-refractivity contribution in [2.45, 2.75) is 83.8 Å². The Kier molecular flexibility index (Phi) is 10.4. The molecule has 3 aromatic heterocycles. The Morgan fingerprint density at radius 2 is 1.51 bits per heavy atom. The molecular weight excluding hydrogens is 644 g/mol. The van der Waals surface area contributed by atoms with Gasteiger partial charge in [-0.15, -0.1) is 0 Å². The number of ketones is 1. The van der Waals surface area contributed by atoms with Crippen molar-refractivity contribution in [3.8, 4) is 0 Å². The summed E-state index contributed by atoms with van der Waals surface area (Å²) in [5.74, 6) is 0.478. The first-order valence-corrected chi connectivity index (χ1v) is 18.2. The largest absolute Gasteiger partial charge is 0.368 e. The number of nitrogens with zero attached hydrogens (tertiary/aromatic N) is 6. The highest BCUT2D eigenvalue weighted by Crippen LogP contribution is 2.32.